The van der Waals surface area contributed by atoms with Crippen LogP contribution < -0.4 is 4.74 Å². The predicted octanol–water partition coefficient (Wildman–Crippen LogP) is 5.00. The van der Waals surface area contributed by atoms with Crippen molar-refractivity contribution in [1.29, 1.82) is 0 Å². The Kier molecular flexibility index (Phi) is 3.93. The number of hydrogen-bond donors (Lipinski definition) is 0. The van der Waals surface area contributed by atoms with Crippen molar-refractivity contribution >= 4 is 28.9 Å². The van der Waals surface area contributed by atoms with E-state index in [1.54, 1.807) is 31.2 Å². The van der Waals surface area contributed by atoms with Gasteiger partial charge >= 0.3 is 0 Å². The molecule has 2 aromatic carbocycles. The number of ether oxygens (including phenoxy) is 1. The fourth-order valence-electron chi connectivity index (χ4n) is 1.57. The van der Waals surface area contributed by atoms with Crippen LogP contribution in [0.1, 0.15) is 5.56 Å². The third-order valence-corrected chi connectivity index (χ3v) is 3.11. The van der Waals surface area contributed by atoms with Gasteiger partial charge < -0.3 is 4.74 Å². The second kappa shape index (κ2) is 5.47. The maximum Gasteiger partial charge on any atom is 0.274 e. The van der Waals surface area contributed by atoms with Crippen molar-refractivity contribution in [3.8, 4) is 11.5 Å². The minimum atomic E-state index is -0.486. The highest BCUT2D eigenvalue weighted by Crippen LogP contribution is 2.36. The molecule has 0 radical (unpaired) electrons. The molecule has 0 saturated heterocycles. The van der Waals surface area contributed by atoms with Crippen LogP contribution in [-0.4, -0.2) is 4.92 Å². The summed E-state index contributed by atoms with van der Waals surface area (Å²) in [6.45, 7) is 1.62. The van der Waals surface area contributed by atoms with E-state index in [-0.39, 0.29) is 10.7 Å². The van der Waals surface area contributed by atoms with Gasteiger partial charge in [-0.25, -0.2) is 0 Å². The molecule has 0 fully saturated rings. The highest BCUT2D eigenvalue weighted by atomic mass is 35.5. The monoisotopic (exact) mass is 297 g/mol. The largest absolute Gasteiger partial charge is 0.454 e. The van der Waals surface area contributed by atoms with Crippen LogP contribution >= 0.6 is 23.2 Å². The van der Waals surface area contributed by atoms with Gasteiger partial charge in [0, 0.05) is 11.6 Å². The average Bonchev–Trinajstić information content (AvgIpc) is 2.35. The summed E-state index contributed by atoms with van der Waals surface area (Å²) in [4.78, 5) is 10.3. The molecule has 6 heteroatoms. The minimum Gasteiger partial charge on any atom is -0.454 e. The van der Waals surface area contributed by atoms with E-state index in [1.165, 1.54) is 12.1 Å². The summed E-state index contributed by atoms with van der Waals surface area (Å²) in [6, 6.07) is 9.70. The van der Waals surface area contributed by atoms with Crippen LogP contribution in [0.5, 0.6) is 11.5 Å². The summed E-state index contributed by atoms with van der Waals surface area (Å²) < 4.78 is 5.57. The summed E-state index contributed by atoms with van der Waals surface area (Å²) in [7, 11) is 0. The molecule has 0 heterocycles. The highest BCUT2D eigenvalue weighted by molar-refractivity contribution is 6.33. The van der Waals surface area contributed by atoms with E-state index in [9.17, 15) is 10.1 Å². The number of benzene rings is 2. The Morgan fingerprint density at radius 2 is 1.79 bits per heavy atom. The van der Waals surface area contributed by atoms with E-state index >= 15 is 0 Å². The molecule has 0 bridgehead atoms. The third-order valence-electron chi connectivity index (χ3n) is 2.50. The lowest BCUT2D eigenvalue weighted by atomic mass is 10.2. The maximum atomic E-state index is 10.8. The molecule has 0 atom stereocenters. The smallest absolute Gasteiger partial charge is 0.274 e. The Labute approximate surface area is 119 Å². The lowest BCUT2D eigenvalue weighted by Crippen LogP contribution is -1.94. The van der Waals surface area contributed by atoms with Gasteiger partial charge in [0.05, 0.1) is 15.0 Å². The molecule has 0 aliphatic rings. The van der Waals surface area contributed by atoms with E-state index < -0.39 is 4.92 Å². The van der Waals surface area contributed by atoms with Crippen LogP contribution in [0.4, 0.5) is 5.69 Å². The zero-order valence-electron chi connectivity index (χ0n) is 9.89. The standard InChI is InChI=1S/C13H9Cl2NO3/c1-8-6-13(10(15)7-11(8)16(17)18)19-12-5-3-2-4-9(12)14/h2-7H,1H3. The highest BCUT2D eigenvalue weighted by Gasteiger charge is 2.16. The summed E-state index contributed by atoms with van der Waals surface area (Å²) in [6.07, 6.45) is 0. The Bertz CT molecular complexity index is 644. The van der Waals surface area contributed by atoms with Crippen LogP contribution in [0, 0.1) is 17.0 Å². The quantitative estimate of drug-likeness (QED) is 0.591. The molecule has 0 spiro atoms. The molecule has 4 nitrogen and oxygen atoms in total. The number of aryl methyl sites for hydroxylation is 1. The molecular weight excluding hydrogens is 289 g/mol. The first-order valence-electron chi connectivity index (χ1n) is 5.36. The average molecular weight is 298 g/mol. The molecule has 2 rings (SSSR count). The predicted molar refractivity (Wildman–Crippen MR) is 74.4 cm³/mol. The van der Waals surface area contributed by atoms with Crippen LogP contribution in [0.15, 0.2) is 36.4 Å². The third kappa shape index (κ3) is 2.97. The molecule has 2 aromatic rings. The zero-order chi connectivity index (χ0) is 14.0. The van der Waals surface area contributed by atoms with E-state index in [0.29, 0.717) is 22.1 Å². The number of rotatable bonds is 3. The van der Waals surface area contributed by atoms with E-state index in [2.05, 4.69) is 0 Å². The van der Waals surface area contributed by atoms with Crippen molar-refractivity contribution in [3.05, 3.63) is 62.1 Å². The SMILES string of the molecule is Cc1cc(Oc2ccccc2Cl)c(Cl)cc1[N+](=O)[O-]. The molecule has 0 unspecified atom stereocenters. The van der Waals surface area contributed by atoms with E-state index in [4.69, 9.17) is 27.9 Å². The van der Waals surface area contributed by atoms with Crippen molar-refractivity contribution in [3.63, 3.8) is 0 Å². The Balaban J connectivity index is 2.39. The first-order chi connectivity index (χ1) is 8.99. The van der Waals surface area contributed by atoms with Gasteiger partial charge in [-0.05, 0) is 25.1 Å². The molecule has 0 amide bonds. The first-order valence-corrected chi connectivity index (χ1v) is 6.11. The second-order valence-corrected chi connectivity index (χ2v) is 4.67. The number of nitro benzene ring substituents is 1. The number of nitro groups is 1. The molecule has 0 aliphatic carbocycles. The molecule has 98 valence electrons. The lowest BCUT2D eigenvalue weighted by Gasteiger charge is -2.10. The number of nitrogens with zero attached hydrogens (tertiary/aromatic N) is 1. The van der Waals surface area contributed by atoms with Crippen LogP contribution in [0.3, 0.4) is 0 Å². The van der Waals surface area contributed by atoms with Gasteiger partial charge in [-0.1, -0.05) is 35.3 Å². The number of halogens is 2. The zero-order valence-corrected chi connectivity index (χ0v) is 11.4. The molecule has 19 heavy (non-hydrogen) atoms. The van der Waals surface area contributed by atoms with Gasteiger partial charge in [-0.2, -0.15) is 0 Å². The van der Waals surface area contributed by atoms with Crippen molar-refractivity contribution in [1.82, 2.24) is 0 Å². The van der Waals surface area contributed by atoms with E-state index in [1.807, 2.05) is 0 Å². The van der Waals surface area contributed by atoms with Gasteiger partial charge in [0.1, 0.15) is 11.5 Å². The molecular formula is C13H9Cl2NO3. The Morgan fingerprint density at radius 3 is 2.42 bits per heavy atom. The fraction of sp³-hybridized carbons (Fsp3) is 0.0769. The summed E-state index contributed by atoms with van der Waals surface area (Å²) in [5.74, 6) is 0.775. The minimum absolute atomic E-state index is 0.0449. The van der Waals surface area contributed by atoms with Gasteiger partial charge in [-0.15, -0.1) is 0 Å². The normalized spacial score (nSPS) is 10.3. The summed E-state index contributed by atoms with van der Waals surface area (Å²) >= 11 is 11.9. The van der Waals surface area contributed by atoms with Gasteiger partial charge in [0.15, 0.2) is 0 Å². The molecule has 0 aliphatic heterocycles. The molecule has 0 saturated carbocycles. The van der Waals surface area contributed by atoms with Gasteiger partial charge in [0.2, 0.25) is 0 Å². The summed E-state index contributed by atoms with van der Waals surface area (Å²) in [5.41, 5.74) is 0.424. The fourth-order valence-corrected chi connectivity index (χ4v) is 1.94. The molecule has 0 N–H and O–H groups in total. The topological polar surface area (TPSA) is 52.4 Å². The van der Waals surface area contributed by atoms with Gasteiger partial charge in [-0.3, -0.25) is 10.1 Å². The van der Waals surface area contributed by atoms with Crippen molar-refractivity contribution in [2.75, 3.05) is 0 Å². The Hall–Kier alpha value is -1.78. The lowest BCUT2D eigenvalue weighted by molar-refractivity contribution is -0.385. The van der Waals surface area contributed by atoms with Gasteiger partial charge in [0.25, 0.3) is 5.69 Å². The van der Waals surface area contributed by atoms with Crippen LogP contribution in [-0.2, 0) is 0 Å². The molecule has 0 aromatic heterocycles. The van der Waals surface area contributed by atoms with Crippen molar-refractivity contribution in [2.24, 2.45) is 0 Å². The van der Waals surface area contributed by atoms with Crippen LogP contribution in [0.25, 0.3) is 0 Å². The number of hydrogen-bond acceptors (Lipinski definition) is 3. The second-order valence-electron chi connectivity index (χ2n) is 3.86. The Morgan fingerprint density at radius 1 is 1.11 bits per heavy atom. The van der Waals surface area contributed by atoms with Crippen LogP contribution in [0.2, 0.25) is 10.0 Å². The number of para-hydroxylation sites is 1. The maximum absolute atomic E-state index is 10.8. The summed E-state index contributed by atoms with van der Waals surface area (Å²) in [5, 5.41) is 11.4. The van der Waals surface area contributed by atoms with Crippen molar-refractivity contribution < 1.29 is 9.66 Å². The van der Waals surface area contributed by atoms with E-state index in [0.717, 1.165) is 0 Å². The van der Waals surface area contributed by atoms with Crippen molar-refractivity contribution in [2.45, 2.75) is 6.92 Å². The first kappa shape index (κ1) is 13.6.